The van der Waals surface area contributed by atoms with Gasteiger partial charge in [-0.15, -0.1) is 11.3 Å². The molecule has 3 rings (SSSR count). The summed E-state index contributed by atoms with van der Waals surface area (Å²) < 4.78 is 37.8. The van der Waals surface area contributed by atoms with Crippen LogP contribution in [0.5, 0.6) is 0 Å². The molecular weight excluding hydrogens is 336 g/mol. The van der Waals surface area contributed by atoms with Crippen LogP contribution >= 0.6 is 11.3 Å². The molecule has 0 saturated carbocycles. The normalized spacial score (nSPS) is 17.7. The molecule has 0 unspecified atom stereocenters. The second-order valence-corrected chi connectivity index (χ2v) is 8.87. The van der Waals surface area contributed by atoms with Gasteiger partial charge in [0.05, 0.1) is 5.69 Å². The summed E-state index contributed by atoms with van der Waals surface area (Å²) in [6, 6.07) is 3.47. The van der Waals surface area contributed by atoms with Gasteiger partial charge in [-0.3, -0.25) is 0 Å². The minimum absolute atomic E-state index is 0.353. The van der Waals surface area contributed by atoms with Crippen molar-refractivity contribution in [2.24, 2.45) is 5.92 Å². The number of methoxy groups -OCH3 is 1. The molecule has 126 valence electrons. The zero-order valence-corrected chi connectivity index (χ0v) is 14.8. The highest BCUT2D eigenvalue weighted by Gasteiger charge is 2.30. The Morgan fingerprint density at radius 3 is 2.74 bits per heavy atom. The third kappa shape index (κ3) is 3.50. The summed E-state index contributed by atoms with van der Waals surface area (Å²) in [7, 11) is -1.75. The lowest BCUT2D eigenvalue weighted by molar-refractivity contribution is 0.121. The Bertz CT molecular complexity index is 758. The Kier molecular flexibility index (Phi) is 4.86. The van der Waals surface area contributed by atoms with Gasteiger partial charge in [-0.05, 0) is 31.7 Å². The minimum atomic E-state index is -3.43. The predicted molar refractivity (Wildman–Crippen MR) is 87.9 cm³/mol. The predicted octanol–water partition coefficient (Wildman–Crippen LogP) is 2.76. The van der Waals surface area contributed by atoms with Crippen LogP contribution in [0.15, 0.2) is 26.2 Å². The quantitative estimate of drug-likeness (QED) is 0.824. The molecular formula is C15H20N2O4S2. The third-order valence-corrected chi connectivity index (χ3v) is 7.37. The minimum Gasteiger partial charge on any atom is -0.384 e. The summed E-state index contributed by atoms with van der Waals surface area (Å²) in [4.78, 5) is 0. The molecule has 1 saturated heterocycles. The van der Waals surface area contributed by atoms with E-state index in [2.05, 4.69) is 5.16 Å². The van der Waals surface area contributed by atoms with Crippen LogP contribution in [0.4, 0.5) is 0 Å². The van der Waals surface area contributed by atoms with Crippen molar-refractivity contribution in [3.63, 3.8) is 0 Å². The standard InChI is InChI=1S/C15H20N2O4S2/c1-11-7-14(21-16-11)13-8-15(22-10-13)23(18,19)17-5-3-12(4-6-17)9-20-2/h7-8,10,12H,3-6,9H2,1-2H3. The Morgan fingerprint density at radius 1 is 1.39 bits per heavy atom. The van der Waals surface area contributed by atoms with Gasteiger partial charge in [-0.1, -0.05) is 5.16 Å². The van der Waals surface area contributed by atoms with E-state index < -0.39 is 10.0 Å². The summed E-state index contributed by atoms with van der Waals surface area (Å²) in [6.45, 7) is 3.62. The van der Waals surface area contributed by atoms with Crippen molar-refractivity contribution in [1.82, 2.24) is 9.46 Å². The molecule has 2 aromatic rings. The number of thiophene rings is 1. The summed E-state index contributed by atoms with van der Waals surface area (Å²) >= 11 is 1.22. The first kappa shape index (κ1) is 16.6. The van der Waals surface area contributed by atoms with E-state index in [1.54, 1.807) is 28.9 Å². The third-order valence-electron chi connectivity index (χ3n) is 4.06. The fourth-order valence-electron chi connectivity index (χ4n) is 2.76. The smallest absolute Gasteiger partial charge is 0.252 e. The van der Waals surface area contributed by atoms with Gasteiger partial charge in [-0.25, -0.2) is 8.42 Å². The number of ether oxygens (including phenoxy) is 1. The van der Waals surface area contributed by atoms with Gasteiger partial charge in [0.2, 0.25) is 0 Å². The lowest BCUT2D eigenvalue weighted by atomic mass is 9.99. The highest BCUT2D eigenvalue weighted by molar-refractivity contribution is 7.91. The first-order valence-corrected chi connectivity index (χ1v) is 9.84. The molecule has 2 aromatic heterocycles. The lowest BCUT2D eigenvalue weighted by Gasteiger charge is -2.30. The molecule has 0 aromatic carbocycles. The van der Waals surface area contributed by atoms with Gasteiger partial charge in [0.1, 0.15) is 4.21 Å². The molecule has 0 aliphatic carbocycles. The van der Waals surface area contributed by atoms with Crippen LogP contribution in [0.3, 0.4) is 0 Å². The number of nitrogens with zero attached hydrogens (tertiary/aromatic N) is 2. The topological polar surface area (TPSA) is 72.6 Å². The van der Waals surface area contributed by atoms with Crippen LogP contribution in [0.1, 0.15) is 18.5 Å². The molecule has 1 aliphatic heterocycles. The maximum atomic E-state index is 12.8. The molecule has 6 nitrogen and oxygen atoms in total. The summed E-state index contributed by atoms with van der Waals surface area (Å²) in [5.74, 6) is 1.04. The van der Waals surface area contributed by atoms with E-state index in [9.17, 15) is 8.42 Å². The number of piperidine rings is 1. The van der Waals surface area contributed by atoms with E-state index in [-0.39, 0.29) is 0 Å². The molecule has 0 N–H and O–H groups in total. The monoisotopic (exact) mass is 356 g/mol. The maximum absolute atomic E-state index is 12.8. The molecule has 1 aliphatic rings. The molecule has 0 radical (unpaired) electrons. The number of aryl methyl sites for hydroxylation is 1. The largest absolute Gasteiger partial charge is 0.384 e. The maximum Gasteiger partial charge on any atom is 0.252 e. The Balaban J connectivity index is 1.75. The van der Waals surface area contributed by atoms with Gasteiger partial charge in [0, 0.05) is 43.8 Å². The van der Waals surface area contributed by atoms with Crippen LogP contribution in [0.25, 0.3) is 11.3 Å². The van der Waals surface area contributed by atoms with Crippen molar-refractivity contribution in [2.45, 2.75) is 24.0 Å². The summed E-state index contributed by atoms with van der Waals surface area (Å²) in [6.07, 6.45) is 1.68. The number of sulfonamides is 1. The summed E-state index contributed by atoms with van der Waals surface area (Å²) in [5, 5.41) is 5.63. The molecule has 23 heavy (non-hydrogen) atoms. The highest BCUT2D eigenvalue weighted by Crippen LogP contribution is 2.32. The van der Waals surface area contributed by atoms with Crippen molar-refractivity contribution < 1.29 is 17.7 Å². The van der Waals surface area contributed by atoms with E-state index in [1.165, 1.54) is 11.3 Å². The van der Waals surface area contributed by atoms with E-state index >= 15 is 0 Å². The SMILES string of the molecule is COCC1CCN(S(=O)(=O)c2cc(-c3cc(C)no3)cs2)CC1. The first-order chi connectivity index (χ1) is 11.0. The molecule has 1 fully saturated rings. The van der Waals surface area contributed by atoms with Crippen LogP contribution in [0.2, 0.25) is 0 Å². The van der Waals surface area contributed by atoms with Gasteiger partial charge < -0.3 is 9.26 Å². The molecule has 8 heteroatoms. The van der Waals surface area contributed by atoms with Gasteiger partial charge in [0.15, 0.2) is 5.76 Å². The molecule has 0 amide bonds. The zero-order chi connectivity index (χ0) is 16.4. The second kappa shape index (κ2) is 6.72. The number of rotatable bonds is 5. The van der Waals surface area contributed by atoms with Crippen molar-refractivity contribution in [3.05, 3.63) is 23.2 Å². The molecule has 0 bridgehead atoms. The van der Waals surface area contributed by atoms with Crippen LogP contribution in [-0.2, 0) is 14.8 Å². The van der Waals surface area contributed by atoms with Crippen molar-refractivity contribution in [3.8, 4) is 11.3 Å². The fourth-order valence-corrected chi connectivity index (χ4v) is 5.55. The van der Waals surface area contributed by atoms with Crippen molar-refractivity contribution in [1.29, 1.82) is 0 Å². The lowest BCUT2D eigenvalue weighted by Crippen LogP contribution is -2.39. The second-order valence-electron chi connectivity index (χ2n) is 5.79. The highest BCUT2D eigenvalue weighted by atomic mass is 32.2. The number of hydrogen-bond donors (Lipinski definition) is 0. The molecule has 3 heterocycles. The Hall–Kier alpha value is -1.22. The van der Waals surface area contributed by atoms with E-state index in [0.29, 0.717) is 35.6 Å². The number of hydrogen-bond acceptors (Lipinski definition) is 6. The van der Waals surface area contributed by atoms with Crippen molar-refractivity contribution >= 4 is 21.4 Å². The van der Waals surface area contributed by atoms with E-state index in [0.717, 1.165) is 24.1 Å². The average Bonchev–Trinajstić information content (AvgIpc) is 3.17. The van der Waals surface area contributed by atoms with Gasteiger partial charge in [-0.2, -0.15) is 4.31 Å². The van der Waals surface area contributed by atoms with Crippen LogP contribution in [0, 0.1) is 12.8 Å². The van der Waals surface area contributed by atoms with Crippen LogP contribution in [-0.4, -0.2) is 44.7 Å². The fraction of sp³-hybridized carbons (Fsp3) is 0.533. The van der Waals surface area contributed by atoms with E-state index in [4.69, 9.17) is 9.26 Å². The van der Waals surface area contributed by atoms with Crippen molar-refractivity contribution in [2.75, 3.05) is 26.8 Å². The number of aromatic nitrogens is 1. The first-order valence-electron chi connectivity index (χ1n) is 7.52. The molecule has 0 atom stereocenters. The average molecular weight is 356 g/mol. The zero-order valence-electron chi connectivity index (χ0n) is 13.2. The van der Waals surface area contributed by atoms with E-state index in [1.807, 2.05) is 6.92 Å². The molecule has 0 spiro atoms. The van der Waals surface area contributed by atoms with Gasteiger partial charge in [0.25, 0.3) is 10.0 Å². The Labute approximate surface area is 140 Å². The van der Waals surface area contributed by atoms with Gasteiger partial charge >= 0.3 is 0 Å². The Morgan fingerprint density at radius 2 is 2.13 bits per heavy atom. The van der Waals surface area contributed by atoms with Crippen LogP contribution < -0.4 is 0 Å². The summed E-state index contributed by atoms with van der Waals surface area (Å²) in [5.41, 5.74) is 1.53.